The molecular weight excluding hydrogens is 408 g/mol. The average molecular weight is 443 g/mol. The zero-order valence-corrected chi connectivity index (χ0v) is 18.9. The third-order valence-corrected chi connectivity index (χ3v) is 7.40. The first-order valence-corrected chi connectivity index (χ1v) is 11.9. The van der Waals surface area contributed by atoms with Gasteiger partial charge in [0.25, 0.3) is 0 Å². The van der Waals surface area contributed by atoms with Crippen molar-refractivity contribution in [3.8, 4) is 5.75 Å². The van der Waals surface area contributed by atoms with Gasteiger partial charge in [0.15, 0.2) is 5.78 Å². The Morgan fingerprint density at radius 2 is 1.84 bits per heavy atom. The Balaban J connectivity index is 1.21. The van der Waals surface area contributed by atoms with Gasteiger partial charge < -0.3 is 18.9 Å². The second-order valence-electron chi connectivity index (χ2n) is 9.29. The number of morpholine rings is 1. The third-order valence-electron chi connectivity index (χ3n) is 7.40. The highest BCUT2D eigenvalue weighted by Gasteiger charge is 2.48. The SMILES string of the molecule is COc1ccc(C2=COC3C(CCC4OCN(CCCN5CCOCC5)CC43)C2=O)cc1. The van der Waals surface area contributed by atoms with Crippen LogP contribution in [0.3, 0.4) is 0 Å². The summed E-state index contributed by atoms with van der Waals surface area (Å²) < 4.78 is 23.2. The number of carbonyl (C=O) groups excluding carboxylic acids is 1. The van der Waals surface area contributed by atoms with Gasteiger partial charge in [-0.25, -0.2) is 0 Å². The Morgan fingerprint density at radius 1 is 1.06 bits per heavy atom. The molecule has 1 aliphatic carbocycles. The summed E-state index contributed by atoms with van der Waals surface area (Å²) in [5.41, 5.74) is 1.56. The van der Waals surface area contributed by atoms with E-state index < -0.39 is 0 Å². The lowest BCUT2D eigenvalue weighted by Gasteiger charge is -2.48. The van der Waals surface area contributed by atoms with Gasteiger partial charge in [0.05, 0.1) is 50.9 Å². The molecule has 7 nitrogen and oxygen atoms in total. The van der Waals surface area contributed by atoms with E-state index in [0.717, 1.165) is 76.5 Å². The summed E-state index contributed by atoms with van der Waals surface area (Å²) in [6, 6.07) is 7.63. The molecule has 1 aromatic rings. The van der Waals surface area contributed by atoms with Gasteiger partial charge >= 0.3 is 0 Å². The predicted octanol–water partition coefficient (Wildman–Crippen LogP) is 2.41. The molecule has 4 atom stereocenters. The summed E-state index contributed by atoms with van der Waals surface area (Å²) in [6.45, 7) is 7.49. The number of rotatable bonds is 6. The van der Waals surface area contributed by atoms with Gasteiger partial charge in [-0.15, -0.1) is 0 Å². The minimum absolute atomic E-state index is 0.0877. The molecule has 2 saturated heterocycles. The van der Waals surface area contributed by atoms with E-state index in [1.807, 2.05) is 24.3 Å². The zero-order valence-electron chi connectivity index (χ0n) is 18.9. The predicted molar refractivity (Wildman–Crippen MR) is 120 cm³/mol. The van der Waals surface area contributed by atoms with Crippen LogP contribution in [0.2, 0.25) is 0 Å². The first kappa shape index (κ1) is 21.9. The zero-order chi connectivity index (χ0) is 21.9. The molecule has 0 aromatic heterocycles. The number of hydrogen-bond donors (Lipinski definition) is 0. The molecule has 0 N–H and O–H groups in total. The lowest BCUT2D eigenvalue weighted by Crippen LogP contribution is -2.56. The van der Waals surface area contributed by atoms with Gasteiger partial charge in [-0.2, -0.15) is 0 Å². The van der Waals surface area contributed by atoms with Crippen molar-refractivity contribution >= 4 is 11.4 Å². The highest BCUT2D eigenvalue weighted by molar-refractivity contribution is 6.22. The maximum absolute atomic E-state index is 13.4. The van der Waals surface area contributed by atoms with E-state index in [1.54, 1.807) is 13.4 Å². The fraction of sp³-hybridized carbons (Fsp3) is 0.640. The molecule has 0 spiro atoms. The number of benzene rings is 1. The van der Waals surface area contributed by atoms with E-state index in [2.05, 4.69) is 9.80 Å². The highest BCUT2D eigenvalue weighted by Crippen LogP contribution is 2.42. The molecule has 0 bridgehead atoms. The molecule has 3 heterocycles. The number of fused-ring (bicyclic) bond motifs is 3. The number of hydrogen-bond acceptors (Lipinski definition) is 7. The lowest BCUT2D eigenvalue weighted by molar-refractivity contribution is -0.170. The summed E-state index contributed by atoms with van der Waals surface area (Å²) in [4.78, 5) is 18.2. The van der Waals surface area contributed by atoms with Crippen LogP contribution in [0.25, 0.3) is 5.57 Å². The molecule has 5 rings (SSSR count). The van der Waals surface area contributed by atoms with Gasteiger partial charge in [-0.3, -0.25) is 14.6 Å². The van der Waals surface area contributed by atoms with Gasteiger partial charge in [0.2, 0.25) is 0 Å². The van der Waals surface area contributed by atoms with Crippen LogP contribution in [0.5, 0.6) is 5.75 Å². The Bertz CT molecular complexity index is 820. The normalized spacial score (nSPS) is 31.3. The molecule has 0 amide bonds. The van der Waals surface area contributed by atoms with Crippen LogP contribution < -0.4 is 4.74 Å². The molecule has 3 aliphatic heterocycles. The van der Waals surface area contributed by atoms with Crippen molar-refractivity contribution in [2.75, 3.05) is 59.8 Å². The Hall–Kier alpha value is -1.93. The summed E-state index contributed by atoms with van der Waals surface area (Å²) in [7, 11) is 1.64. The highest BCUT2D eigenvalue weighted by atomic mass is 16.5. The molecule has 4 unspecified atom stereocenters. The third kappa shape index (κ3) is 4.57. The summed E-state index contributed by atoms with van der Waals surface area (Å²) in [6.07, 6.45) is 4.66. The van der Waals surface area contributed by atoms with Crippen LogP contribution in [-0.2, 0) is 19.0 Å². The van der Waals surface area contributed by atoms with Crippen molar-refractivity contribution < 1.29 is 23.7 Å². The van der Waals surface area contributed by atoms with E-state index >= 15 is 0 Å². The minimum Gasteiger partial charge on any atom is -0.497 e. The van der Waals surface area contributed by atoms with Crippen LogP contribution in [0.15, 0.2) is 30.5 Å². The van der Waals surface area contributed by atoms with Gasteiger partial charge in [0, 0.05) is 32.1 Å². The molecule has 4 aliphatic rings. The number of allylic oxidation sites excluding steroid dienone is 1. The smallest absolute Gasteiger partial charge is 0.173 e. The fourth-order valence-electron chi connectivity index (χ4n) is 5.57. The number of carbonyl (C=O) groups is 1. The van der Waals surface area contributed by atoms with Gasteiger partial charge in [-0.1, -0.05) is 12.1 Å². The maximum Gasteiger partial charge on any atom is 0.173 e. The minimum atomic E-state index is -0.0923. The van der Waals surface area contributed by atoms with E-state index in [0.29, 0.717) is 12.3 Å². The Labute approximate surface area is 190 Å². The molecular formula is C25H34N2O5. The molecule has 0 radical (unpaired) electrons. The van der Waals surface area contributed by atoms with Crippen molar-refractivity contribution in [3.63, 3.8) is 0 Å². The molecule has 32 heavy (non-hydrogen) atoms. The number of methoxy groups -OCH3 is 1. The van der Waals surface area contributed by atoms with Crippen molar-refractivity contribution in [1.82, 2.24) is 9.80 Å². The topological polar surface area (TPSA) is 60.5 Å². The quantitative estimate of drug-likeness (QED) is 0.671. The lowest BCUT2D eigenvalue weighted by atomic mass is 9.71. The summed E-state index contributed by atoms with van der Waals surface area (Å²) in [5, 5.41) is 0. The fourth-order valence-corrected chi connectivity index (χ4v) is 5.57. The standard InChI is InChI=1S/C25H34N2O5/c1-29-19-5-3-18(4-6-19)22-16-31-25-20(24(22)28)7-8-23-21(25)15-27(17-32-23)10-2-9-26-11-13-30-14-12-26/h3-6,16,20-21,23,25H,2,7-15,17H2,1H3. The Morgan fingerprint density at radius 3 is 2.62 bits per heavy atom. The van der Waals surface area contributed by atoms with Crippen molar-refractivity contribution in [2.24, 2.45) is 11.8 Å². The maximum atomic E-state index is 13.4. The van der Waals surface area contributed by atoms with Gasteiger partial charge in [0.1, 0.15) is 11.9 Å². The van der Waals surface area contributed by atoms with Crippen LogP contribution in [0, 0.1) is 11.8 Å². The molecule has 3 fully saturated rings. The number of Topliss-reactive ketones (excluding diaryl/α,β-unsaturated/α-hetero) is 1. The average Bonchev–Trinajstić information content (AvgIpc) is 2.85. The molecule has 174 valence electrons. The molecule has 1 saturated carbocycles. The largest absolute Gasteiger partial charge is 0.497 e. The second-order valence-corrected chi connectivity index (χ2v) is 9.29. The number of nitrogens with zero attached hydrogens (tertiary/aromatic N) is 2. The number of ether oxygens (including phenoxy) is 4. The Kier molecular flexibility index (Phi) is 6.78. The van der Waals surface area contributed by atoms with Crippen LogP contribution in [0.4, 0.5) is 0 Å². The van der Waals surface area contributed by atoms with Crippen LogP contribution >= 0.6 is 0 Å². The van der Waals surface area contributed by atoms with Crippen molar-refractivity contribution in [2.45, 2.75) is 31.5 Å². The van der Waals surface area contributed by atoms with E-state index in [-0.39, 0.29) is 29.8 Å². The van der Waals surface area contributed by atoms with Gasteiger partial charge in [-0.05, 0) is 43.5 Å². The van der Waals surface area contributed by atoms with Crippen molar-refractivity contribution in [3.05, 3.63) is 36.1 Å². The van der Waals surface area contributed by atoms with E-state index in [4.69, 9.17) is 18.9 Å². The van der Waals surface area contributed by atoms with Crippen LogP contribution in [0.1, 0.15) is 24.8 Å². The van der Waals surface area contributed by atoms with Crippen molar-refractivity contribution in [1.29, 1.82) is 0 Å². The summed E-state index contributed by atoms with van der Waals surface area (Å²) in [5.74, 6) is 1.14. The monoisotopic (exact) mass is 442 g/mol. The first-order valence-electron chi connectivity index (χ1n) is 11.9. The second kappa shape index (κ2) is 9.91. The van der Waals surface area contributed by atoms with Crippen LogP contribution in [-0.4, -0.2) is 87.6 Å². The first-order chi connectivity index (χ1) is 15.7. The van der Waals surface area contributed by atoms with E-state index in [1.165, 1.54) is 0 Å². The van der Waals surface area contributed by atoms with E-state index in [9.17, 15) is 4.79 Å². The summed E-state index contributed by atoms with van der Waals surface area (Å²) >= 11 is 0. The molecule has 7 heteroatoms. The molecule has 1 aromatic carbocycles. The number of ketones is 1.